The monoisotopic (exact) mass is 400 g/mol. The van der Waals surface area contributed by atoms with Crippen LogP contribution in [0.15, 0.2) is 26.9 Å². The predicted octanol–water partition coefficient (Wildman–Crippen LogP) is 3.19. The van der Waals surface area contributed by atoms with Gasteiger partial charge in [0.2, 0.25) is 0 Å². The minimum atomic E-state index is -4.24. The molecule has 0 spiro atoms. The van der Waals surface area contributed by atoms with Crippen molar-refractivity contribution in [1.82, 2.24) is 0 Å². The summed E-state index contributed by atoms with van der Waals surface area (Å²) in [7, 11) is -4.24. The number of nitrogens with one attached hydrogen (secondary N) is 1. The maximum Gasteiger partial charge on any atom is 0.264 e. The third-order valence-corrected chi connectivity index (χ3v) is 6.06. The SMILES string of the molecule is NCc1cc(S(=O)(=O)Nc2c(F)cc(F)cc2F)c(Br)s1. The third kappa shape index (κ3) is 3.39. The molecule has 2 aromatic rings. The molecule has 3 N–H and O–H groups in total. The smallest absolute Gasteiger partial charge is 0.264 e. The molecular formula is C11H8BrF3N2O2S2. The van der Waals surface area contributed by atoms with Crippen molar-refractivity contribution in [2.24, 2.45) is 5.73 Å². The lowest BCUT2D eigenvalue weighted by Gasteiger charge is -2.09. The largest absolute Gasteiger partial charge is 0.326 e. The highest BCUT2D eigenvalue weighted by Crippen LogP contribution is 2.33. The Morgan fingerprint density at radius 1 is 1.19 bits per heavy atom. The van der Waals surface area contributed by atoms with E-state index in [0.717, 1.165) is 11.3 Å². The Kier molecular flexibility index (Phi) is 4.61. The van der Waals surface area contributed by atoms with Crippen molar-refractivity contribution in [1.29, 1.82) is 0 Å². The van der Waals surface area contributed by atoms with E-state index < -0.39 is 33.2 Å². The van der Waals surface area contributed by atoms with E-state index in [-0.39, 0.29) is 15.2 Å². The van der Waals surface area contributed by atoms with Crippen LogP contribution >= 0.6 is 27.3 Å². The molecule has 0 amide bonds. The van der Waals surface area contributed by atoms with Crippen LogP contribution in [0.4, 0.5) is 18.9 Å². The minimum absolute atomic E-state index is 0.123. The van der Waals surface area contributed by atoms with Crippen molar-refractivity contribution in [2.45, 2.75) is 11.4 Å². The molecule has 4 nitrogen and oxygen atoms in total. The zero-order chi connectivity index (χ0) is 15.8. The summed E-state index contributed by atoms with van der Waals surface area (Å²) in [4.78, 5) is 0.373. The van der Waals surface area contributed by atoms with E-state index in [9.17, 15) is 21.6 Å². The molecule has 2 rings (SSSR count). The van der Waals surface area contributed by atoms with Gasteiger partial charge in [-0.2, -0.15) is 0 Å². The molecular weight excluding hydrogens is 393 g/mol. The van der Waals surface area contributed by atoms with Crippen LogP contribution in [0.1, 0.15) is 4.88 Å². The molecule has 0 atom stereocenters. The predicted molar refractivity (Wildman–Crippen MR) is 77.0 cm³/mol. The maximum atomic E-state index is 13.5. The molecule has 1 aromatic carbocycles. The summed E-state index contributed by atoms with van der Waals surface area (Å²) >= 11 is 4.14. The van der Waals surface area contributed by atoms with E-state index in [1.807, 2.05) is 0 Å². The van der Waals surface area contributed by atoms with Crippen LogP contribution in [0.25, 0.3) is 0 Å². The van der Waals surface area contributed by atoms with Crippen LogP contribution in [0.5, 0.6) is 0 Å². The molecule has 21 heavy (non-hydrogen) atoms. The first kappa shape index (κ1) is 16.3. The first-order valence-electron chi connectivity index (χ1n) is 5.40. The van der Waals surface area contributed by atoms with Crippen molar-refractivity contribution in [3.63, 3.8) is 0 Å². The average Bonchev–Trinajstić information content (AvgIpc) is 2.76. The molecule has 0 aliphatic carbocycles. The standard InChI is InChI=1S/C11H8BrF3N2O2S2/c12-11-9(3-6(4-16)20-11)21(18,19)17-10-7(14)1-5(13)2-8(10)15/h1-3,17H,4,16H2. The Hall–Kier alpha value is -1.10. The fraction of sp³-hybridized carbons (Fsp3) is 0.0909. The van der Waals surface area contributed by atoms with Crippen LogP contribution < -0.4 is 10.5 Å². The van der Waals surface area contributed by atoms with Gasteiger partial charge in [0.1, 0.15) is 16.4 Å². The Bertz CT molecular complexity index is 770. The van der Waals surface area contributed by atoms with E-state index in [2.05, 4.69) is 15.9 Å². The Morgan fingerprint density at radius 3 is 2.24 bits per heavy atom. The number of anilines is 1. The summed E-state index contributed by atoms with van der Waals surface area (Å²) in [5, 5.41) is 0. The van der Waals surface area contributed by atoms with Gasteiger partial charge in [-0.05, 0) is 22.0 Å². The number of benzene rings is 1. The maximum absolute atomic E-state index is 13.5. The van der Waals surface area contributed by atoms with Gasteiger partial charge in [-0.15, -0.1) is 11.3 Å². The van der Waals surface area contributed by atoms with Gasteiger partial charge in [-0.1, -0.05) is 0 Å². The summed E-state index contributed by atoms with van der Waals surface area (Å²) in [6.45, 7) is 0.123. The third-order valence-electron chi connectivity index (χ3n) is 2.44. The summed E-state index contributed by atoms with van der Waals surface area (Å²) < 4.78 is 66.1. The van der Waals surface area contributed by atoms with Gasteiger partial charge in [0, 0.05) is 23.6 Å². The second-order valence-electron chi connectivity index (χ2n) is 3.90. The first-order chi connectivity index (χ1) is 9.74. The summed E-state index contributed by atoms with van der Waals surface area (Å²) in [5.41, 5.74) is 4.46. The van der Waals surface area contributed by atoms with E-state index in [1.54, 1.807) is 4.72 Å². The lowest BCUT2D eigenvalue weighted by molar-refractivity contribution is 0.547. The number of halogens is 4. The van der Waals surface area contributed by atoms with Crippen LogP contribution in [0.3, 0.4) is 0 Å². The molecule has 0 unspecified atom stereocenters. The lowest BCUT2D eigenvalue weighted by Crippen LogP contribution is -2.15. The van der Waals surface area contributed by atoms with Gasteiger partial charge in [0.05, 0.1) is 3.79 Å². The molecule has 1 aromatic heterocycles. The summed E-state index contributed by atoms with van der Waals surface area (Å²) in [5.74, 6) is -3.84. The highest BCUT2D eigenvalue weighted by atomic mass is 79.9. The van der Waals surface area contributed by atoms with Crippen molar-refractivity contribution in [3.05, 3.63) is 44.3 Å². The summed E-state index contributed by atoms with van der Waals surface area (Å²) in [6.07, 6.45) is 0. The zero-order valence-electron chi connectivity index (χ0n) is 10.2. The van der Waals surface area contributed by atoms with Crippen LogP contribution in [0.2, 0.25) is 0 Å². The molecule has 1 heterocycles. The average molecular weight is 401 g/mol. The normalized spacial score (nSPS) is 11.7. The number of rotatable bonds is 4. The topological polar surface area (TPSA) is 72.2 Å². The Balaban J connectivity index is 2.44. The highest BCUT2D eigenvalue weighted by Gasteiger charge is 2.24. The molecule has 0 saturated carbocycles. The van der Waals surface area contributed by atoms with E-state index in [1.165, 1.54) is 6.07 Å². The van der Waals surface area contributed by atoms with Gasteiger partial charge in [0.15, 0.2) is 11.6 Å². The fourth-order valence-electron chi connectivity index (χ4n) is 1.51. The number of sulfonamides is 1. The molecule has 114 valence electrons. The van der Waals surface area contributed by atoms with Gasteiger partial charge < -0.3 is 5.73 Å². The van der Waals surface area contributed by atoms with Gasteiger partial charge in [0.25, 0.3) is 10.0 Å². The lowest BCUT2D eigenvalue weighted by atomic mass is 10.3. The van der Waals surface area contributed by atoms with E-state index in [4.69, 9.17) is 5.73 Å². The van der Waals surface area contributed by atoms with Gasteiger partial charge >= 0.3 is 0 Å². The molecule has 10 heteroatoms. The van der Waals surface area contributed by atoms with Crippen molar-refractivity contribution >= 4 is 43.0 Å². The number of thiophene rings is 1. The molecule has 0 fully saturated rings. The van der Waals surface area contributed by atoms with Gasteiger partial charge in [-0.25, -0.2) is 21.6 Å². The van der Waals surface area contributed by atoms with Gasteiger partial charge in [-0.3, -0.25) is 4.72 Å². The van der Waals surface area contributed by atoms with Crippen LogP contribution in [-0.4, -0.2) is 8.42 Å². The molecule has 0 radical (unpaired) electrons. The fourth-order valence-corrected chi connectivity index (χ4v) is 5.15. The van der Waals surface area contributed by atoms with Crippen LogP contribution in [0, 0.1) is 17.5 Å². The van der Waals surface area contributed by atoms with Crippen LogP contribution in [-0.2, 0) is 16.6 Å². The Labute approximate surface area is 131 Å². The molecule has 0 bridgehead atoms. The second kappa shape index (κ2) is 5.95. The highest BCUT2D eigenvalue weighted by molar-refractivity contribution is 9.11. The first-order valence-corrected chi connectivity index (χ1v) is 8.49. The van der Waals surface area contributed by atoms with E-state index in [0.29, 0.717) is 17.0 Å². The molecule has 0 aliphatic rings. The van der Waals surface area contributed by atoms with Crippen molar-refractivity contribution in [3.8, 4) is 0 Å². The molecule has 0 saturated heterocycles. The molecule has 0 aliphatic heterocycles. The number of hydrogen-bond donors (Lipinski definition) is 2. The zero-order valence-corrected chi connectivity index (χ0v) is 13.4. The van der Waals surface area contributed by atoms with Crippen molar-refractivity contribution < 1.29 is 21.6 Å². The number of nitrogens with two attached hydrogens (primary N) is 1. The summed E-state index contributed by atoms with van der Waals surface area (Å²) in [6, 6.07) is 2.06. The minimum Gasteiger partial charge on any atom is -0.326 e. The van der Waals surface area contributed by atoms with E-state index >= 15 is 0 Å². The second-order valence-corrected chi connectivity index (χ2v) is 8.01. The van der Waals surface area contributed by atoms with Crippen molar-refractivity contribution in [2.75, 3.05) is 4.72 Å². The number of hydrogen-bond acceptors (Lipinski definition) is 4. The quantitative estimate of drug-likeness (QED) is 0.827. The Morgan fingerprint density at radius 2 is 1.76 bits per heavy atom.